The molecule has 0 bridgehead atoms. The second-order valence-corrected chi connectivity index (χ2v) is 6.00. The molecule has 0 saturated heterocycles. The zero-order valence-corrected chi connectivity index (χ0v) is 14.2. The van der Waals surface area contributed by atoms with Crippen LogP contribution >= 0.6 is 15.9 Å². The van der Waals surface area contributed by atoms with E-state index in [1.54, 1.807) is 24.7 Å². The number of halogens is 1. The largest absolute Gasteiger partial charge is 0.282 e. The van der Waals surface area contributed by atoms with Crippen molar-refractivity contribution >= 4 is 33.0 Å². The van der Waals surface area contributed by atoms with Crippen LogP contribution in [0.1, 0.15) is 24.7 Å². The van der Waals surface area contributed by atoms with Crippen molar-refractivity contribution in [2.45, 2.75) is 19.8 Å². The van der Waals surface area contributed by atoms with Crippen molar-refractivity contribution in [1.82, 2.24) is 14.6 Å². The van der Waals surface area contributed by atoms with Gasteiger partial charge in [0.2, 0.25) is 0 Å². The Morgan fingerprint density at radius 2 is 2.04 bits per heavy atom. The Hall–Kier alpha value is -2.34. The van der Waals surface area contributed by atoms with E-state index in [-0.39, 0.29) is 5.56 Å². The lowest BCUT2D eigenvalue weighted by Crippen LogP contribution is -2.22. The van der Waals surface area contributed by atoms with E-state index in [4.69, 9.17) is 0 Å². The summed E-state index contributed by atoms with van der Waals surface area (Å²) in [6.07, 6.45) is 6.60. The van der Waals surface area contributed by atoms with Crippen molar-refractivity contribution < 1.29 is 0 Å². The fourth-order valence-corrected chi connectivity index (χ4v) is 2.63. The molecule has 0 atom stereocenters. The van der Waals surface area contributed by atoms with Crippen LogP contribution in [0.5, 0.6) is 0 Å². The second kappa shape index (κ2) is 6.83. The maximum atomic E-state index is 12.8. The van der Waals surface area contributed by atoms with Crippen molar-refractivity contribution in [3.63, 3.8) is 0 Å². The van der Waals surface area contributed by atoms with Crippen molar-refractivity contribution in [1.29, 1.82) is 0 Å². The molecule has 3 aromatic rings. The minimum atomic E-state index is -0.162. The van der Waals surface area contributed by atoms with Crippen LogP contribution in [0, 0.1) is 0 Å². The number of rotatable bonds is 4. The van der Waals surface area contributed by atoms with Crippen LogP contribution in [0.25, 0.3) is 10.9 Å². The molecule has 2 aromatic heterocycles. The van der Waals surface area contributed by atoms with Crippen molar-refractivity contribution in [2.24, 2.45) is 5.10 Å². The second-order valence-electron chi connectivity index (χ2n) is 5.08. The normalized spacial score (nSPS) is 11.4. The molecule has 0 aliphatic carbocycles. The van der Waals surface area contributed by atoms with Crippen LogP contribution in [0.2, 0.25) is 0 Å². The van der Waals surface area contributed by atoms with E-state index >= 15 is 0 Å². The summed E-state index contributed by atoms with van der Waals surface area (Å²) in [5.74, 6) is 0.664. The molecule has 23 heavy (non-hydrogen) atoms. The minimum Gasteiger partial charge on any atom is -0.267 e. The zero-order chi connectivity index (χ0) is 16.2. The highest BCUT2D eigenvalue weighted by Crippen LogP contribution is 2.16. The summed E-state index contributed by atoms with van der Waals surface area (Å²) in [6.45, 7) is 2.05. The molecule has 116 valence electrons. The zero-order valence-electron chi connectivity index (χ0n) is 12.6. The van der Waals surface area contributed by atoms with Gasteiger partial charge < -0.3 is 0 Å². The average molecular weight is 371 g/mol. The topological polar surface area (TPSA) is 60.1 Å². The molecule has 0 spiro atoms. The number of aryl methyl sites for hydroxylation is 1. The van der Waals surface area contributed by atoms with Gasteiger partial charge in [-0.05, 0) is 42.3 Å². The number of fused-ring (bicyclic) bond motifs is 1. The summed E-state index contributed by atoms with van der Waals surface area (Å²) >= 11 is 3.39. The van der Waals surface area contributed by atoms with Gasteiger partial charge in [-0.25, -0.2) is 4.98 Å². The van der Waals surface area contributed by atoms with E-state index in [9.17, 15) is 4.79 Å². The lowest BCUT2D eigenvalue weighted by Gasteiger charge is -2.08. The van der Waals surface area contributed by atoms with Crippen LogP contribution < -0.4 is 5.56 Å². The van der Waals surface area contributed by atoms with Crippen LogP contribution in [0.3, 0.4) is 0 Å². The molecule has 1 aromatic carbocycles. The summed E-state index contributed by atoms with van der Waals surface area (Å²) in [4.78, 5) is 21.3. The molecule has 0 amide bonds. The summed E-state index contributed by atoms with van der Waals surface area (Å²) < 4.78 is 2.23. The van der Waals surface area contributed by atoms with E-state index in [2.05, 4.69) is 37.9 Å². The number of hydrogen-bond acceptors (Lipinski definition) is 4. The smallest absolute Gasteiger partial charge is 0.267 e. The van der Waals surface area contributed by atoms with Gasteiger partial charge in [-0.2, -0.15) is 9.78 Å². The predicted octanol–water partition coefficient (Wildman–Crippen LogP) is 3.39. The van der Waals surface area contributed by atoms with Crippen LogP contribution in [0.15, 0.2) is 57.1 Å². The van der Waals surface area contributed by atoms with Gasteiger partial charge in [-0.15, -0.1) is 0 Å². The van der Waals surface area contributed by atoms with Crippen molar-refractivity contribution in [2.75, 3.05) is 0 Å². The number of pyridine rings is 1. The lowest BCUT2D eigenvalue weighted by atomic mass is 10.2. The maximum absolute atomic E-state index is 12.8. The van der Waals surface area contributed by atoms with Gasteiger partial charge in [0.25, 0.3) is 5.56 Å². The molecule has 6 heteroatoms. The first-order valence-corrected chi connectivity index (χ1v) is 8.14. The van der Waals surface area contributed by atoms with E-state index in [0.29, 0.717) is 23.1 Å². The molecular weight excluding hydrogens is 356 g/mol. The first-order valence-electron chi connectivity index (χ1n) is 7.34. The highest BCUT2D eigenvalue weighted by atomic mass is 79.9. The van der Waals surface area contributed by atoms with Gasteiger partial charge in [0, 0.05) is 23.3 Å². The Labute approximate surface area is 141 Å². The molecule has 0 fully saturated rings. The fourth-order valence-electron chi connectivity index (χ4n) is 2.27. The molecule has 0 saturated carbocycles. The molecule has 3 rings (SSSR count). The molecule has 2 heterocycles. The van der Waals surface area contributed by atoms with Gasteiger partial charge in [-0.1, -0.05) is 22.9 Å². The third-order valence-electron chi connectivity index (χ3n) is 3.38. The summed E-state index contributed by atoms with van der Waals surface area (Å²) in [6, 6.07) is 9.17. The summed E-state index contributed by atoms with van der Waals surface area (Å²) in [5.41, 5.74) is 1.41. The van der Waals surface area contributed by atoms with Crippen molar-refractivity contribution in [3.05, 3.63) is 68.9 Å². The summed E-state index contributed by atoms with van der Waals surface area (Å²) in [7, 11) is 0. The third-order valence-corrected chi connectivity index (χ3v) is 3.87. The average Bonchev–Trinajstić information content (AvgIpc) is 2.56. The first-order chi connectivity index (χ1) is 11.2. The Morgan fingerprint density at radius 3 is 2.78 bits per heavy atom. The lowest BCUT2D eigenvalue weighted by molar-refractivity contribution is 0.704. The quantitative estimate of drug-likeness (QED) is 0.661. The molecule has 0 radical (unpaired) electrons. The Balaban J connectivity index is 2.17. The standard InChI is InChI=1S/C17H15BrN4O/c1-2-3-16-21-15-5-4-13(18)10-14(15)17(23)22(16)20-11-12-6-8-19-9-7-12/h4-11H,2-3H2,1H3. The Morgan fingerprint density at radius 1 is 1.26 bits per heavy atom. The van der Waals surface area contributed by atoms with Gasteiger partial charge in [0.15, 0.2) is 0 Å². The van der Waals surface area contributed by atoms with Gasteiger partial charge in [0.1, 0.15) is 5.82 Å². The molecule has 0 aliphatic rings. The number of nitrogens with zero attached hydrogens (tertiary/aromatic N) is 4. The minimum absolute atomic E-state index is 0.162. The Bertz CT molecular complexity index is 919. The van der Waals surface area contributed by atoms with Crippen molar-refractivity contribution in [3.8, 4) is 0 Å². The fraction of sp³-hybridized carbons (Fsp3) is 0.176. The van der Waals surface area contributed by atoms with Crippen LogP contribution in [-0.4, -0.2) is 20.9 Å². The highest BCUT2D eigenvalue weighted by Gasteiger charge is 2.10. The predicted molar refractivity (Wildman–Crippen MR) is 94.9 cm³/mol. The van der Waals surface area contributed by atoms with Gasteiger partial charge in [-0.3, -0.25) is 9.78 Å². The number of hydrogen-bond donors (Lipinski definition) is 0. The SMILES string of the molecule is CCCc1nc2ccc(Br)cc2c(=O)n1N=Cc1ccncc1. The van der Waals surface area contributed by atoms with E-state index in [1.165, 1.54) is 4.68 Å². The molecule has 0 unspecified atom stereocenters. The maximum Gasteiger partial charge on any atom is 0.282 e. The highest BCUT2D eigenvalue weighted by molar-refractivity contribution is 9.10. The molecule has 0 N–H and O–H groups in total. The number of aromatic nitrogens is 3. The molecular formula is C17H15BrN4O. The van der Waals surface area contributed by atoms with Gasteiger partial charge in [0.05, 0.1) is 17.1 Å². The van der Waals surface area contributed by atoms with E-state index in [1.807, 2.05) is 24.3 Å². The number of benzene rings is 1. The first kappa shape index (κ1) is 15.6. The van der Waals surface area contributed by atoms with E-state index < -0.39 is 0 Å². The Kier molecular flexibility index (Phi) is 4.62. The van der Waals surface area contributed by atoms with Crippen LogP contribution in [0.4, 0.5) is 0 Å². The summed E-state index contributed by atoms with van der Waals surface area (Å²) in [5, 5.41) is 4.90. The van der Waals surface area contributed by atoms with Gasteiger partial charge >= 0.3 is 0 Å². The van der Waals surface area contributed by atoms with Crippen LogP contribution in [-0.2, 0) is 6.42 Å². The monoisotopic (exact) mass is 370 g/mol. The third kappa shape index (κ3) is 3.37. The van der Waals surface area contributed by atoms with E-state index in [0.717, 1.165) is 16.5 Å². The molecule has 5 nitrogen and oxygen atoms in total. The molecule has 0 aliphatic heterocycles.